The van der Waals surface area contributed by atoms with Gasteiger partial charge in [0.2, 0.25) is 0 Å². The van der Waals surface area contributed by atoms with Crippen LogP contribution in [-0.2, 0) is 10.2 Å². The summed E-state index contributed by atoms with van der Waals surface area (Å²) in [5, 5.41) is 4.27. The molecule has 1 aliphatic carbocycles. The molecular weight excluding hydrogens is 328 g/mol. The lowest BCUT2D eigenvalue weighted by atomic mass is 9.95. The summed E-state index contributed by atoms with van der Waals surface area (Å²) >= 11 is 0. The number of methoxy groups -OCH3 is 1. The van der Waals surface area contributed by atoms with Crippen LogP contribution in [0.25, 0.3) is 10.9 Å². The van der Waals surface area contributed by atoms with E-state index >= 15 is 0 Å². The van der Waals surface area contributed by atoms with E-state index in [1.807, 2.05) is 24.3 Å². The molecule has 1 fully saturated rings. The molecule has 0 saturated heterocycles. The fraction of sp³-hybridized carbons (Fsp3) is 0.286. The van der Waals surface area contributed by atoms with E-state index in [0.29, 0.717) is 18.0 Å². The number of fused-ring (bicyclic) bond motifs is 1. The average molecular weight is 350 g/mol. The molecule has 2 aromatic carbocycles. The number of ether oxygens (including phenoxy) is 2. The fourth-order valence-corrected chi connectivity index (χ4v) is 3.40. The Hall–Kier alpha value is -2.95. The molecule has 0 aliphatic heterocycles. The minimum absolute atomic E-state index is 0.0235. The second-order valence-corrected chi connectivity index (χ2v) is 6.74. The van der Waals surface area contributed by atoms with Gasteiger partial charge >= 0.3 is 0 Å². The van der Waals surface area contributed by atoms with Gasteiger partial charge in [0, 0.05) is 29.1 Å². The van der Waals surface area contributed by atoms with E-state index in [-0.39, 0.29) is 17.9 Å². The van der Waals surface area contributed by atoms with Crippen LogP contribution in [0.1, 0.15) is 18.4 Å². The van der Waals surface area contributed by atoms with Crippen molar-refractivity contribution in [3.63, 3.8) is 0 Å². The molecule has 5 nitrogen and oxygen atoms in total. The normalized spacial score (nSPS) is 14.8. The predicted octanol–water partition coefficient (Wildman–Crippen LogP) is 3.40. The number of nitrogens with one attached hydrogen (secondary N) is 2. The molecule has 4 rings (SSSR count). The molecule has 0 spiro atoms. The standard InChI is InChI=1S/C21H22N2O3/c1-25-18-8-4-5-9-19(18)26-13-20(24)23-14-21(10-11-21)16-12-22-17-7-3-2-6-15(16)17/h2-9,12,22H,10-11,13-14H2,1H3,(H,23,24). The van der Waals surface area contributed by atoms with Crippen molar-refractivity contribution >= 4 is 16.8 Å². The zero-order valence-electron chi connectivity index (χ0n) is 14.7. The highest BCUT2D eigenvalue weighted by Crippen LogP contribution is 2.49. The highest BCUT2D eigenvalue weighted by Gasteiger charge is 2.45. The van der Waals surface area contributed by atoms with Crippen LogP contribution in [0.3, 0.4) is 0 Å². The first kappa shape index (κ1) is 16.5. The maximum atomic E-state index is 12.2. The van der Waals surface area contributed by atoms with Gasteiger partial charge in [-0.1, -0.05) is 30.3 Å². The molecule has 3 aromatic rings. The molecule has 1 aliphatic rings. The van der Waals surface area contributed by atoms with E-state index in [9.17, 15) is 4.79 Å². The number of carbonyl (C=O) groups is 1. The number of carbonyl (C=O) groups excluding carboxylic acids is 1. The molecule has 0 unspecified atom stereocenters. The van der Waals surface area contributed by atoms with Gasteiger partial charge < -0.3 is 19.8 Å². The van der Waals surface area contributed by atoms with Crippen LogP contribution in [0, 0.1) is 0 Å². The van der Waals surface area contributed by atoms with Gasteiger partial charge in [0.25, 0.3) is 5.91 Å². The summed E-state index contributed by atoms with van der Waals surface area (Å²) in [5.74, 6) is 1.07. The van der Waals surface area contributed by atoms with Crippen LogP contribution >= 0.6 is 0 Å². The van der Waals surface area contributed by atoms with Gasteiger partial charge in [0.05, 0.1) is 7.11 Å². The number of aromatic nitrogens is 1. The lowest BCUT2D eigenvalue weighted by Gasteiger charge is -2.16. The molecule has 1 heterocycles. The Morgan fingerprint density at radius 1 is 1.12 bits per heavy atom. The molecule has 26 heavy (non-hydrogen) atoms. The van der Waals surface area contributed by atoms with E-state index < -0.39 is 0 Å². The highest BCUT2D eigenvalue weighted by molar-refractivity contribution is 5.85. The van der Waals surface area contributed by atoms with Gasteiger partial charge in [-0.15, -0.1) is 0 Å². The number of hydrogen-bond acceptors (Lipinski definition) is 3. The van der Waals surface area contributed by atoms with Crippen molar-refractivity contribution in [3.05, 3.63) is 60.3 Å². The van der Waals surface area contributed by atoms with Crippen LogP contribution in [0.15, 0.2) is 54.7 Å². The number of hydrogen-bond donors (Lipinski definition) is 2. The Kier molecular flexibility index (Phi) is 4.29. The molecule has 2 N–H and O–H groups in total. The second kappa shape index (κ2) is 6.75. The summed E-state index contributed by atoms with van der Waals surface area (Å²) in [4.78, 5) is 15.6. The van der Waals surface area contributed by atoms with Crippen LogP contribution in [0.2, 0.25) is 0 Å². The molecule has 0 radical (unpaired) electrons. The van der Waals surface area contributed by atoms with Crippen molar-refractivity contribution in [3.8, 4) is 11.5 Å². The zero-order chi connectivity index (χ0) is 18.0. The van der Waals surface area contributed by atoms with E-state index in [2.05, 4.69) is 34.7 Å². The Balaban J connectivity index is 1.37. The van der Waals surface area contributed by atoms with E-state index in [1.165, 1.54) is 10.9 Å². The Bertz CT molecular complexity index is 928. The van der Waals surface area contributed by atoms with Crippen molar-refractivity contribution in [1.29, 1.82) is 0 Å². The number of amides is 1. The Labute approximate surface area is 152 Å². The molecule has 1 aromatic heterocycles. The van der Waals surface area contributed by atoms with Crippen LogP contribution in [0.4, 0.5) is 0 Å². The summed E-state index contributed by atoms with van der Waals surface area (Å²) in [6.07, 6.45) is 4.25. The monoisotopic (exact) mass is 350 g/mol. The number of benzene rings is 2. The number of rotatable bonds is 7. The summed E-state index contributed by atoms with van der Waals surface area (Å²) in [7, 11) is 1.58. The maximum absolute atomic E-state index is 12.2. The lowest BCUT2D eigenvalue weighted by molar-refractivity contribution is -0.123. The van der Waals surface area contributed by atoms with E-state index in [4.69, 9.17) is 9.47 Å². The third-order valence-electron chi connectivity index (χ3n) is 5.07. The molecule has 0 atom stereocenters. The van der Waals surface area contributed by atoms with Crippen molar-refractivity contribution in [2.24, 2.45) is 0 Å². The Morgan fingerprint density at radius 3 is 2.62 bits per heavy atom. The summed E-state index contributed by atoms with van der Waals surface area (Å²) in [6, 6.07) is 15.6. The van der Waals surface area contributed by atoms with E-state index in [1.54, 1.807) is 13.2 Å². The number of aromatic amines is 1. The quantitative estimate of drug-likeness (QED) is 0.686. The summed E-state index contributed by atoms with van der Waals surface area (Å²) in [5.41, 5.74) is 2.47. The third kappa shape index (κ3) is 3.12. The number of para-hydroxylation sites is 3. The Morgan fingerprint density at radius 2 is 1.85 bits per heavy atom. The van der Waals surface area contributed by atoms with Crippen molar-refractivity contribution in [2.75, 3.05) is 20.3 Å². The molecule has 1 saturated carbocycles. The predicted molar refractivity (Wildman–Crippen MR) is 101 cm³/mol. The first-order valence-electron chi connectivity index (χ1n) is 8.81. The van der Waals surface area contributed by atoms with Crippen molar-refractivity contribution in [2.45, 2.75) is 18.3 Å². The summed E-state index contributed by atoms with van der Waals surface area (Å²) in [6.45, 7) is 0.604. The van der Waals surface area contributed by atoms with Crippen molar-refractivity contribution < 1.29 is 14.3 Å². The minimum Gasteiger partial charge on any atom is -0.493 e. The van der Waals surface area contributed by atoms with Crippen LogP contribution in [-0.4, -0.2) is 31.2 Å². The average Bonchev–Trinajstić information content (AvgIpc) is 3.35. The zero-order valence-corrected chi connectivity index (χ0v) is 14.7. The molecule has 5 heteroatoms. The van der Waals surface area contributed by atoms with E-state index in [0.717, 1.165) is 18.4 Å². The minimum atomic E-state index is -0.123. The van der Waals surface area contributed by atoms with Crippen LogP contribution in [0.5, 0.6) is 11.5 Å². The largest absolute Gasteiger partial charge is 0.493 e. The van der Waals surface area contributed by atoms with Crippen LogP contribution < -0.4 is 14.8 Å². The molecule has 134 valence electrons. The van der Waals surface area contributed by atoms with Gasteiger partial charge in [0.1, 0.15) is 0 Å². The molecule has 0 bridgehead atoms. The first-order valence-corrected chi connectivity index (χ1v) is 8.81. The molecule has 1 amide bonds. The van der Waals surface area contributed by atoms with Crippen molar-refractivity contribution in [1.82, 2.24) is 10.3 Å². The smallest absolute Gasteiger partial charge is 0.257 e. The second-order valence-electron chi connectivity index (χ2n) is 6.74. The maximum Gasteiger partial charge on any atom is 0.257 e. The first-order chi connectivity index (χ1) is 12.7. The van der Waals surface area contributed by atoms with Gasteiger partial charge in [-0.3, -0.25) is 4.79 Å². The van der Waals surface area contributed by atoms with Gasteiger partial charge in [-0.2, -0.15) is 0 Å². The topological polar surface area (TPSA) is 63.4 Å². The fourth-order valence-electron chi connectivity index (χ4n) is 3.40. The highest BCUT2D eigenvalue weighted by atomic mass is 16.5. The van der Waals surface area contributed by atoms with Gasteiger partial charge in [0.15, 0.2) is 18.1 Å². The number of H-pyrrole nitrogens is 1. The lowest BCUT2D eigenvalue weighted by Crippen LogP contribution is -2.35. The summed E-state index contributed by atoms with van der Waals surface area (Å²) < 4.78 is 10.8. The van der Waals surface area contributed by atoms with Gasteiger partial charge in [-0.05, 0) is 36.6 Å². The third-order valence-corrected chi connectivity index (χ3v) is 5.07. The van der Waals surface area contributed by atoms with Gasteiger partial charge in [-0.25, -0.2) is 0 Å². The SMILES string of the molecule is COc1ccccc1OCC(=O)NCC1(c2c[nH]c3ccccc23)CC1. The molecular formula is C21H22N2O3.